The summed E-state index contributed by atoms with van der Waals surface area (Å²) in [5, 5.41) is 5.42. The third-order valence-electron chi connectivity index (χ3n) is 6.41. The van der Waals surface area contributed by atoms with Crippen LogP contribution in [0.2, 0.25) is 0 Å². The summed E-state index contributed by atoms with van der Waals surface area (Å²) in [5.74, 6) is -1.15. The van der Waals surface area contributed by atoms with E-state index in [1.54, 1.807) is 52.1 Å². The second-order valence-corrected chi connectivity index (χ2v) is 10.8. The number of alkyl carbamates (subject to hydrolysis) is 1. The highest BCUT2D eigenvalue weighted by atomic mass is 16.6. The lowest BCUT2D eigenvalue weighted by atomic mass is 9.94. The average Bonchev–Trinajstić information content (AvgIpc) is 3.68. The standard InChI is InChI=1S/C29H38N4O6/c1-17-8-7-9-22(18(17)2)25(26(35)31-19-10-14-21(38-6)15-11-19)33(20-12-13-20)27(36)23(16-24(30)34)32-28(37)39-29(3,4)5/h7-11,14-15,20,23,25H,12-13,16H2,1-6H3,(H2,30,34)(H,31,35)(H,32,37). The number of benzene rings is 2. The third kappa shape index (κ3) is 7.95. The first kappa shape index (κ1) is 29.5. The molecule has 4 amide bonds. The van der Waals surface area contributed by atoms with Gasteiger partial charge in [0.15, 0.2) is 0 Å². The number of nitrogens with one attached hydrogen (secondary N) is 2. The van der Waals surface area contributed by atoms with Crippen molar-refractivity contribution in [2.75, 3.05) is 12.4 Å². The molecule has 0 saturated heterocycles. The van der Waals surface area contributed by atoms with Crippen molar-refractivity contribution < 1.29 is 28.7 Å². The molecule has 0 radical (unpaired) electrons. The zero-order valence-electron chi connectivity index (χ0n) is 23.4. The number of hydrogen-bond acceptors (Lipinski definition) is 6. The Labute approximate surface area is 229 Å². The number of nitrogens with two attached hydrogens (primary N) is 1. The maximum atomic E-state index is 14.1. The van der Waals surface area contributed by atoms with E-state index in [0.29, 0.717) is 29.8 Å². The van der Waals surface area contributed by atoms with E-state index in [1.807, 2.05) is 32.0 Å². The quantitative estimate of drug-likeness (QED) is 0.421. The molecule has 0 aliphatic heterocycles. The molecule has 1 aliphatic rings. The van der Waals surface area contributed by atoms with Gasteiger partial charge in [0.2, 0.25) is 11.8 Å². The molecule has 0 heterocycles. The van der Waals surface area contributed by atoms with Crippen molar-refractivity contribution in [1.82, 2.24) is 10.2 Å². The number of methoxy groups -OCH3 is 1. The molecule has 10 nitrogen and oxygen atoms in total. The van der Waals surface area contributed by atoms with Gasteiger partial charge in [-0.1, -0.05) is 18.2 Å². The van der Waals surface area contributed by atoms with Gasteiger partial charge in [-0.15, -0.1) is 0 Å². The van der Waals surface area contributed by atoms with Gasteiger partial charge in [-0.25, -0.2) is 4.79 Å². The molecule has 0 aromatic heterocycles. The van der Waals surface area contributed by atoms with Crippen molar-refractivity contribution in [2.45, 2.75) is 77.6 Å². The number of carbonyl (C=O) groups excluding carboxylic acids is 4. The van der Waals surface area contributed by atoms with Gasteiger partial charge in [0, 0.05) is 11.7 Å². The molecule has 2 atom stereocenters. The lowest BCUT2D eigenvalue weighted by molar-refractivity contribution is -0.142. The Kier molecular flexibility index (Phi) is 9.21. The van der Waals surface area contributed by atoms with Crippen molar-refractivity contribution in [1.29, 1.82) is 0 Å². The van der Waals surface area contributed by atoms with Crippen LogP contribution in [0.5, 0.6) is 5.75 Å². The van der Waals surface area contributed by atoms with Crippen LogP contribution in [0.15, 0.2) is 42.5 Å². The van der Waals surface area contributed by atoms with Crippen LogP contribution in [0.4, 0.5) is 10.5 Å². The number of carbonyl (C=O) groups is 4. The lowest BCUT2D eigenvalue weighted by Gasteiger charge is -2.35. The Hall–Kier alpha value is -4.08. The molecule has 3 rings (SSSR count). The fourth-order valence-electron chi connectivity index (χ4n) is 4.27. The molecular formula is C29H38N4O6. The van der Waals surface area contributed by atoms with Crippen molar-refractivity contribution in [3.63, 3.8) is 0 Å². The second-order valence-electron chi connectivity index (χ2n) is 10.8. The highest BCUT2D eigenvalue weighted by Gasteiger charge is 2.45. The first-order valence-electron chi connectivity index (χ1n) is 12.9. The minimum Gasteiger partial charge on any atom is -0.497 e. The summed E-state index contributed by atoms with van der Waals surface area (Å²) < 4.78 is 10.5. The van der Waals surface area contributed by atoms with E-state index in [2.05, 4.69) is 10.6 Å². The van der Waals surface area contributed by atoms with Crippen LogP contribution in [-0.2, 0) is 19.1 Å². The number of hydrogen-bond donors (Lipinski definition) is 3. The van der Waals surface area contributed by atoms with Crippen molar-refractivity contribution in [2.24, 2.45) is 5.73 Å². The predicted octanol–water partition coefficient (Wildman–Crippen LogP) is 3.75. The Morgan fingerprint density at radius 1 is 1.05 bits per heavy atom. The molecule has 10 heteroatoms. The molecule has 2 aromatic carbocycles. The van der Waals surface area contributed by atoms with E-state index >= 15 is 0 Å². The largest absolute Gasteiger partial charge is 0.497 e. The van der Waals surface area contributed by atoms with Crippen LogP contribution in [0.1, 0.15) is 62.8 Å². The van der Waals surface area contributed by atoms with Crippen LogP contribution >= 0.6 is 0 Å². The summed E-state index contributed by atoms with van der Waals surface area (Å²) in [7, 11) is 1.55. The van der Waals surface area contributed by atoms with E-state index in [0.717, 1.165) is 11.1 Å². The molecule has 210 valence electrons. The minimum atomic E-state index is -1.31. The monoisotopic (exact) mass is 538 g/mol. The Morgan fingerprint density at radius 2 is 1.69 bits per heavy atom. The Bertz CT molecular complexity index is 1220. The van der Waals surface area contributed by atoms with Crippen LogP contribution in [0.25, 0.3) is 0 Å². The molecule has 0 spiro atoms. The maximum Gasteiger partial charge on any atom is 0.408 e. The first-order valence-corrected chi connectivity index (χ1v) is 12.9. The van der Waals surface area contributed by atoms with Gasteiger partial charge in [0.25, 0.3) is 5.91 Å². The highest BCUT2D eigenvalue weighted by Crippen LogP contribution is 2.38. The van der Waals surface area contributed by atoms with Crippen molar-refractivity contribution in [3.8, 4) is 5.75 Å². The number of nitrogens with zero attached hydrogens (tertiary/aromatic N) is 1. The Balaban J connectivity index is 2.02. The number of ether oxygens (including phenoxy) is 2. The molecule has 2 unspecified atom stereocenters. The number of aryl methyl sites for hydroxylation is 1. The number of rotatable bonds is 10. The summed E-state index contributed by atoms with van der Waals surface area (Å²) >= 11 is 0. The van der Waals surface area contributed by atoms with E-state index in [1.165, 1.54) is 4.90 Å². The van der Waals surface area contributed by atoms with Gasteiger partial charge in [0.1, 0.15) is 23.4 Å². The van der Waals surface area contributed by atoms with Crippen molar-refractivity contribution in [3.05, 3.63) is 59.2 Å². The smallest absolute Gasteiger partial charge is 0.408 e. The van der Waals surface area contributed by atoms with E-state index in [9.17, 15) is 19.2 Å². The number of anilines is 1. The first-order chi connectivity index (χ1) is 18.3. The van der Waals surface area contributed by atoms with Gasteiger partial charge in [0.05, 0.1) is 13.5 Å². The zero-order valence-corrected chi connectivity index (χ0v) is 23.4. The molecule has 1 saturated carbocycles. The van der Waals surface area contributed by atoms with Gasteiger partial charge >= 0.3 is 6.09 Å². The van der Waals surface area contributed by atoms with E-state index < -0.39 is 47.9 Å². The highest BCUT2D eigenvalue weighted by molar-refractivity contribution is 6.00. The Morgan fingerprint density at radius 3 is 2.23 bits per heavy atom. The average molecular weight is 539 g/mol. The minimum absolute atomic E-state index is 0.250. The SMILES string of the molecule is COc1ccc(NC(=O)C(c2cccc(C)c2C)N(C(=O)C(CC(N)=O)NC(=O)OC(C)(C)C)C2CC2)cc1. The predicted molar refractivity (Wildman–Crippen MR) is 147 cm³/mol. The van der Waals surface area contributed by atoms with Crippen molar-refractivity contribution >= 4 is 29.5 Å². The van der Waals surface area contributed by atoms with Crippen LogP contribution in [0.3, 0.4) is 0 Å². The van der Waals surface area contributed by atoms with Crippen LogP contribution < -0.4 is 21.1 Å². The second kappa shape index (κ2) is 12.2. The van der Waals surface area contributed by atoms with E-state index in [4.69, 9.17) is 15.2 Å². The van der Waals surface area contributed by atoms with Gasteiger partial charge in [-0.3, -0.25) is 14.4 Å². The summed E-state index contributed by atoms with van der Waals surface area (Å²) in [5.41, 5.74) is 7.62. The molecule has 1 fully saturated rings. The van der Waals surface area contributed by atoms with Crippen LogP contribution in [0, 0.1) is 13.8 Å². The topological polar surface area (TPSA) is 140 Å². The summed E-state index contributed by atoms with van der Waals surface area (Å²) in [4.78, 5) is 54.0. The molecule has 0 bridgehead atoms. The summed E-state index contributed by atoms with van der Waals surface area (Å²) in [6.07, 6.45) is 0.0573. The van der Waals surface area contributed by atoms with Gasteiger partial charge < -0.3 is 30.7 Å². The number of primary amides is 1. The lowest BCUT2D eigenvalue weighted by Crippen LogP contribution is -2.54. The number of amides is 4. The van der Waals surface area contributed by atoms with Gasteiger partial charge in [-0.05, 0) is 88.4 Å². The zero-order chi connectivity index (χ0) is 28.9. The molecule has 1 aliphatic carbocycles. The van der Waals surface area contributed by atoms with Crippen LogP contribution in [-0.4, -0.2) is 53.5 Å². The molecule has 2 aromatic rings. The maximum absolute atomic E-state index is 14.1. The summed E-state index contributed by atoms with van der Waals surface area (Å²) in [6.45, 7) is 8.89. The third-order valence-corrected chi connectivity index (χ3v) is 6.41. The normalized spacial score (nSPS) is 14.5. The van der Waals surface area contributed by atoms with E-state index in [-0.39, 0.29) is 6.04 Å². The fourth-order valence-corrected chi connectivity index (χ4v) is 4.27. The summed E-state index contributed by atoms with van der Waals surface area (Å²) in [6, 6.07) is 9.86. The molecular weight excluding hydrogens is 500 g/mol. The fraction of sp³-hybridized carbons (Fsp3) is 0.448. The van der Waals surface area contributed by atoms with Gasteiger partial charge in [-0.2, -0.15) is 0 Å². The molecule has 4 N–H and O–H groups in total. The molecule has 39 heavy (non-hydrogen) atoms.